The van der Waals surface area contributed by atoms with Crippen molar-refractivity contribution < 1.29 is 4.79 Å². The molecule has 1 aliphatic heterocycles. The van der Waals surface area contributed by atoms with E-state index in [1.54, 1.807) is 25.1 Å². The Bertz CT molecular complexity index is 832. The number of nitrogens with one attached hydrogen (secondary N) is 3. The fourth-order valence-electron chi connectivity index (χ4n) is 4.05. The highest BCUT2D eigenvalue weighted by atomic mass is 16.2. The van der Waals surface area contributed by atoms with Gasteiger partial charge in [-0.05, 0) is 57.4 Å². The summed E-state index contributed by atoms with van der Waals surface area (Å²) in [6.45, 7) is 2.69. The summed E-state index contributed by atoms with van der Waals surface area (Å²) in [7, 11) is 0. The minimum Gasteiger partial charge on any atom is -0.345 e. The molecule has 0 radical (unpaired) electrons. The van der Waals surface area contributed by atoms with E-state index >= 15 is 0 Å². The van der Waals surface area contributed by atoms with Crippen molar-refractivity contribution in [3.05, 3.63) is 39.9 Å². The largest absolute Gasteiger partial charge is 0.345 e. The standard InChI is InChI=1S/C17H20N4O2/c1-10-19-13-9-11(4-5-12(13)16(23)20-10)15(22)21-17-6-2-3-14(17)18-8-7-17/h4-5,9,14,18H,2-3,6-8H2,1H3,(H,21,22)(H,19,20,23). The van der Waals surface area contributed by atoms with Crippen molar-refractivity contribution in [2.24, 2.45) is 0 Å². The molecule has 23 heavy (non-hydrogen) atoms. The summed E-state index contributed by atoms with van der Waals surface area (Å²) in [6.07, 6.45) is 4.27. The fraction of sp³-hybridized carbons (Fsp3) is 0.471. The number of fused-ring (bicyclic) bond motifs is 2. The summed E-state index contributed by atoms with van der Waals surface area (Å²) in [5.74, 6) is 0.469. The number of aromatic nitrogens is 2. The molecule has 120 valence electrons. The first-order chi connectivity index (χ1) is 11.1. The summed E-state index contributed by atoms with van der Waals surface area (Å²) < 4.78 is 0. The highest BCUT2D eigenvalue weighted by molar-refractivity contribution is 5.98. The van der Waals surface area contributed by atoms with Crippen molar-refractivity contribution in [2.45, 2.75) is 44.2 Å². The number of hydrogen-bond donors (Lipinski definition) is 3. The lowest BCUT2D eigenvalue weighted by Gasteiger charge is -2.30. The van der Waals surface area contributed by atoms with Crippen LogP contribution in [0, 0.1) is 6.92 Å². The summed E-state index contributed by atoms with van der Waals surface area (Å²) >= 11 is 0. The molecule has 6 nitrogen and oxygen atoms in total. The lowest BCUT2D eigenvalue weighted by molar-refractivity contribution is 0.0898. The number of benzene rings is 1. The third-order valence-corrected chi connectivity index (χ3v) is 5.19. The molecule has 0 bridgehead atoms. The molecule has 2 aromatic rings. The molecule has 1 aromatic heterocycles. The number of aryl methyl sites for hydroxylation is 1. The van der Waals surface area contributed by atoms with Crippen LogP contribution in [0.2, 0.25) is 0 Å². The van der Waals surface area contributed by atoms with E-state index in [2.05, 4.69) is 20.6 Å². The van der Waals surface area contributed by atoms with Crippen LogP contribution in [-0.4, -0.2) is 34.0 Å². The van der Waals surface area contributed by atoms with E-state index in [0.29, 0.717) is 28.3 Å². The lowest BCUT2D eigenvalue weighted by atomic mass is 9.92. The van der Waals surface area contributed by atoms with Crippen LogP contribution in [0.5, 0.6) is 0 Å². The number of aromatic amines is 1. The topological polar surface area (TPSA) is 86.9 Å². The van der Waals surface area contributed by atoms with E-state index in [9.17, 15) is 9.59 Å². The van der Waals surface area contributed by atoms with Crippen molar-refractivity contribution in [3.63, 3.8) is 0 Å². The first-order valence-electron chi connectivity index (χ1n) is 8.14. The van der Waals surface area contributed by atoms with Gasteiger partial charge in [-0.25, -0.2) is 4.98 Å². The SMILES string of the molecule is Cc1nc2cc(C(=O)NC34CCCC3NCC4)ccc2c(=O)[nH]1. The minimum absolute atomic E-state index is 0.0813. The predicted molar refractivity (Wildman–Crippen MR) is 87.6 cm³/mol. The molecule has 1 amide bonds. The van der Waals surface area contributed by atoms with Gasteiger partial charge >= 0.3 is 0 Å². The van der Waals surface area contributed by atoms with Gasteiger partial charge in [-0.1, -0.05) is 0 Å². The van der Waals surface area contributed by atoms with E-state index in [4.69, 9.17) is 0 Å². The van der Waals surface area contributed by atoms with Crippen LogP contribution in [-0.2, 0) is 0 Å². The van der Waals surface area contributed by atoms with Crippen LogP contribution >= 0.6 is 0 Å². The zero-order valence-electron chi connectivity index (χ0n) is 13.1. The van der Waals surface area contributed by atoms with Gasteiger partial charge in [0.1, 0.15) is 5.82 Å². The van der Waals surface area contributed by atoms with E-state index < -0.39 is 0 Å². The normalized spacial score (nSPS) is 26.4. The maximum atomic E-state index is 12.7. The Morgan fingerprint density at radius 3 is 3.13 bits per heavy atom. The number of rotatable bonds is 2. The van der Waals surface area contributed by atoms with Crippen LogP contribution in [0.3, 0.4) is 0 Å². The van der Waals surface area contributed by atoms with Gasteiger partial charge in [-0.2, -0.15) is 0 Å². The average molecular weight is 312 g/mol. The summed E-state index contributed by atoms with van der Waals surface area (Å²) in [5, 5.41) is 7.24. The number of nitrogens with zero attached hydrogens (tertiary/aromatic N) is 1. The lowest BCUT2D eigenvalue weighted by Crippen LogP contribution is -2.52. The van der Waals surface area contributed by atoms with Crippen molar-refractivity contribution in [3.8, 4) is 0 Å². The molecule has 2 heterocycles. The van der Waals surface area contributed by atoms with Gasteiger partial charge in [0, 0.05) is 11.6 Å². The maximum Gasteiger partial charge on any atom is 0.258 e. The molecule has 2 unspecified atom stereocenters. The molecule has 0 spiro atoms. The van der Waals surface area contributed by atoms with E-state index in [1.807, 2.05) is 0 Å². The number of carbonyl (C=O) groups excluding carboxylic acids is 1. The first-order valence-corrected chi connectivity index (χ1v) is 8.14. The zero-order chi connectivity index (χ0) is 16.0. The molecule has 4 rings (SSSR count). The van der Waals surface area contributed by atoms with Gasteiger partial charge in [0.05, 0.1) is 16.4 Å². The van der Waals surface area contributed by atoms with Gasteiger partial charge in [-0.3, -0.25) is 9.59 Å². The molecular formula is C17H20N4O2. The first kappa shape index (κ1) is 14.4. The second kappa shape index (κ2) is 5.16. The van der Waals surface area contributed by atoms with Crippen LogP contribution in [0.1, 0.15) is 41.9 Å². The number of H-pyrrole nitrogens is 1. The highest BCUT2D eigenvalue weighted by Crippen LogP contribution is 2.36. The Morgan fingerprint density at radius 2 is 2.26 bits per heavy atom. The Balaban J connectivity index is 1.66. The quantitative estimate of drug-likeness (QED) is 0.779. The summed E-state index contributed by atoms with van der Waals surface area (Å²) in [4.78, 5) is 31.6. The number of amides is 1. The fourth-order valence-corrected chi connectivity index (χ4v) is 4.05. The zero-order valence-corrected chi connectivity index (χ0v) is 13.1. The molecular weight excluding hydrogens is 292 g/mol. The smallest absolute Gasteiger partial charge is 0.258 e. The third-order valence-electron chi connectivity index (χ3n) is 5.19. The summed E-state index contributed by atoms with van der Waals surface area (Å²) in [6, 6.07) is 5.46. The van der Waals surface area contributed by atoms with Gasteiger partial charge in [-0.15, -0.1) is 0 Å². The van der Waals surface area contributed by atoms with E-state index in [0.717, 1.165) is 32.2 Å². The Kier molecular flexibility index (Phi) is 3.23. The van der Waals surface area contributed by atoms with Gasteiger partial charge < -0.3 is 15.6 Å². The van der Waals surface area contributed by atoms with E-state index in [-0.39, 0.29) is 17.0 Å². The Morgan fingerprint density at radius 1 is 1.39 bits per heavy atom. The van der Waals surface area contributed by atoms with Crippen molar-refractivity contribution in [2.75, 3.05) is 6.54 Å². The molecule has 1 saturated carbocycles. The predicted octanol–water partition coefficient (Wildman–Crippen LogP) is 1.25. The molecule has 1 saturated heterocycles. The third kappa shape index (κ3) is 2.34. The Labute approximate surface area is 133 Å². The molecule has 2 atom stereocenters. The van der Waals surface area contributed by atoms with Crippen LogP contribution < -0.4 is 16.2 Å². The minimum atomic E-state index is -0.172. The Hall–Kier alpha value is -2.21. The van der Waals surface area contributed by atoms with Crippen molar-refractivity contribution >= 4 is 16.8 Å². The average Bonchev–Trinajstić information content (AvgIpc) is 3.05. The molecule has 1 aromatic carbocycles. The van der Waals surface area contributed by atoms with Crippen LogP contribution in [0.25, 0.3) is 10.9 Å². The highest BCUT2D eigenvalue weighted by Gasteiger charge is 2.47. The molecule has 1 aliphatic carbocycles. The second-order valence-electron chi connectivity index (χ2n) is 6.64. The number of carbonyl (C=O) groups is 1. The van der Waals surface area contributed by atoms with Crippen LogP contribution in [0.15, 0.2) is 23.0 Å². The maximum absolute atomic E-state index is 12.7. The van der Waals surface area contributed by atoms with Gasteiger partial charge in [0.25, 0.3) is 11.5 Å². The molecule has 2 aliphatic rings. The molecule has 3 N–H and O–H groups in total. The molecule has 6 heteroatoms. The second-order valence-corrected chi connectivity index (χ2v) is 6.64. The van der Waals surface area contributed by atoms with Gasteiger partial charge in [0.15, 0.2) is 0 Å². The van der Waals surface area contributed by atoms with Crippen LogP contribution in [0.4, 0.5) is 0 Å². The monoisotopic (exact) mass is 312 g/mol. The summed E-state index contributed by atoms with van der Waals surface area (Å²) in [5.41, 5.74) is 0.837. The van der Waals surface area contributed by atoms with Crippen molar-refractivity contribution in [1.29, 1.82) is 0 Å². The van der Waals surface area contributed by atoms with E-state index in [1.165, 1.54) is 0 Å². The van der Waals surface area contributed by atoms with Crippen molar-refractivity contribution in [1.82, 2.24) is 20.6 Å². The number of hydrogen-bond acceptors (Lipinski definition) is 4. The molecule has 2 fully saturated rings. The van der Waals surface area contributed by atoms with Gasteiger partial charge in [0.2, 0.25) is 0 Å².